The van der Waals surface area contributed by atoms with Crippen molar-refractivity contribution < 1.29 is 9.53 Å². The zero-order chi connectivity index (χ0) is 25.5. The van der Waals surface area contributed by atoms with Gasteiger partial charge in [0.15, 0.2) is 5.65 Å². The van der Waals surface area contributed by atoms with E-state index in [2.05, 4.69) is 23.9 Å². The fourth-order valence-corrected chi connectivity index (χ4v) is 4.05. The second kappa shape index (κ2) is 9.34. The number of carbonyl (C=O) groups excluding carboxylic acids is 1. The zero-order valence-corrected chi connectivity index (χ0v) is 22.0. The third kappa shape index (κ3) is 5.17. The second-order valence-corrected chi connectivity index (χ2v) is 10.4. The predicted octanol–water partition coefficient (Wildman–Crippen LogP) is 6.06. The number of halogens is 1. The largest absolute Gasteiger partial charge is 0.443 e. The number of benzene rings is 1. The first kappa shape index (κ1) is 24.7. The number of para-hydroxylation sites is 1. The Labute approximate surface area is 210 Å². The van der Waals surface area contributed by atoms with Crippen molar-refractivity contribution >= 4 is 45.7 Å². The lowest BCUT2D eigenvalue weighted by Crippen LogP contribution is -2.38. The number of hydrogen-bond donors (Lipinski definition) is 0. The van der Waals surface area contributed by atoms with Gasteiger partial charge in [0.25, 0.3) is 0 Å². The fraction of sp³-hybridized carbons (Fsp3) is 0.385. The Bertz CT molecular complexity index is 1390. The lowest BCUT2D eigenvalue weighted by atomic mass is 10.1. The highest BCUT2D eigenvalue weighted by molar-refractivity contribution is 6.29. The molecule has 0 N–H and O–H groups in total. The Morgan fingerprint density at radius 1 is 1.14 bits per heavy atom. The molecule has 3 heterocycles. The number of rotatable bonds is 5. The monoisotopic (exact) mass is 494 g/mol. The van der Waals surface area contributed by atoms with Crippen LogP contribution >= 0.6 is 11.6 Å². The third-order valence-corrected chi connectivity index (χ3v) is 5.71. The maximum atomic E-state index is 13.5. The van der Waals surface area contributed by atoms with E-state index in [9.17, 15) is 4.79 Å². The summed E-state index contributed by atoms with van der Waals surface area (Å²) in [4.78, 5) is 26.4. The van der Waals surface area contributed by atoms with Gasteiger partial charge in [-0.1, -0.05) is 43.6 Å². The first-order valence-corrected chi connectivity index (χ1v) is 11.9. The Balaban J connectivity index is 1.85. The summed E-state index contributed by atoms with van der Waals surface area (Å²) in [5.74, 6) is 0.650. The molecule has 9 heteroatoms. The average molecular weight is 495 g/mol. The van der Waals surface area contributed by atoms with Crippen LogP contribution in [0.5, 0.6) is 0 Å². The molecule has 0 spiro atoms. The van der Waals surface area contributed by atoms with Crippen molar-refractivity contribution in [1.82, 2.24) is 19.6 Å². The number of aromatic nitrogens is 4. The van der Waals surface area contributed by atoms with Crippen molar-refractivity contribution in [2.45, 2.75) is 52.7 Å². The van der Waals surface area contributed by atoms with Crippen LogP contribution in [-0.4, -0.2) is 45.4 Å². The first-order valence-electron chi connectivity index (χ1n) is 11.6. The molecule has 0 bridgehead atoms. The van der Waals surface area contributed by atoms with E-state index in [1.165, 1.54) is 4.90 Å². The molecule has 184 valence electrons. The van der Waals surface area contributed by atoms with Crippen LogP contribution in [0.3, 0.4) is 0 Å². The van der Waals surface area contributed by atoms with Crippen LogP contribution in [0, 0.1) is 0 Å². The summed E-state index contributed by atoms with van der Waals surface area (Å²) in [6, 6.07) is 11.6. The predicted molar refractivity (Wildman–Crippen MR) is 141 cm³/mol. The zero-order valence-electron chi connectivity index (χ0n) is 21.2. The lowest BCUT2D eigenvalue weighted by molar-refractivity contribution is 0.0575. The molecular weight excluding hydrogens is 464 g/mol. The Morgan fingerprint density at radius 3 is 2.54 bits per heavy atom. The summed E-state index contributed by atoms with van der Waals surface area (Å²) in [6.45, 7) is 9.79. The molecule has 0 saturated carbocycles. The first-order chi connectivity index (χ1) is 16.4. The minimum Gasteiger partial charge on any atom is -0.443 e. The smallest absolute Gasteiger partial charge is 0.416 e. The van der Waals surface area contributed by atoms with Gasteiger partial charge in [-0.3, -0.25) is 4.90 Å². The van der Waals surface area contributed by atoms with Crippen molar-refractivity contribution in [3.8, 4) is 0 Å². The van der Waals surface area contributed by atoms with Gasteiger partial charge in [-0.15, -0.1) is 0 Å². The molecule has 4 aromatic rings. The number of amides is 1. The molecule has 35 heavy (non-hydrogen) atoms. The molecule has 0 radical (unpaired) electrons. The molecule has 0 saturated heterocycles. The second-order valence-electron chi connectivity index (χ2n) is 10.0. The average Bonchev–Trinajstić information content (AvgIpc) is 3.19. The van der Waals surface area contributed by atoms with Gasteiger partial charge < -0.3 is 9.64 Å². The minimum absolute atomic E-state index is 0.166. The number of fused-ring (bicyclic) bond motifs is 2. The lowest BCUT2D eigenvalue weighted by Gasteiger charge is -2.27. The molecule has 0 atom stereocenters. The number of anilines is 2. The van der Waals surface area contributed by atoms with E-state index in [1.54, 1.807) is 16.8 Å². The molecule has 0 aliphatic carbocycles. The van der Waals surface area contributed by atoms with Gasteiger partial charge >= 0.3 is 6.09 Å². The van der Waals surface area contributed by atoms with Crippen LogP contribution in [0.1, 0.15) is 51.8 Å². The van der Waals surface area contributed by atoms with Crippen LogP contribution in [0.25, 0.3) is 16.6 Å². The maximum absolute atomic E-state index is 13.5. The van der Waals surface area contributed by atoms with E-state index < -0.39 is 11.7 Å². The van der Waals surface area contributed by atoms with Crippen molar-refractivity contribution in [2.24, 2.45) is 0 Å². The summed E-state index contributed by atoms with van der Waals surface area (Å²) < 4.78 is 7.40. The van der Waals surface area contributed by atoms with Crippen LogP contribution < -0.4 is 9.80 Å². The highest BCUT2D eigenvalue weighted by Gasteiger charge is 2.28. The molecule has 4 rings (SSSR count). The summed E-state index contributed by atoms with van der Waals surface area (Å²) in [7, 11) is 3.96. The van der Waals surface area contributed by atoms with E-state index in [4.69, 9.17) is 21.3 Å². The molecule has 0 fully saturated rings. The van der Waals surface area contributed by atoms with Gasteiger partial charge in [-0.25, -0.2) is 14.8 Å². The van der Waals surface area contributed by atoms with Crippen molar-refractivity contribution in [2.75, 3.05) is 23.9 Å². The number of pyridine rings is 1. The van der Waals surface area contributed by atoms with E-state index in [1.807, 2.05) is 70.1 Å². The maximum Gasteiger partial charge on any atom is 0.416 e. The van der Waals surface area contributed by atoms with Crippen molar-refractivity contribution in [1.29, 1.82) is 0 Å². The van der Waals surface area contributed by atoms with Gasteiger partial charge in [-0.2, -0.15) is 9.61 Å². The molecular formula is C26H31ClN6O2. The van der Waals surface area contributed by atoms with E-state index in [0.29, 0.717) is 17.2 Å². The van der Waals surface area contributed by atoms with E-state index >= 15 is 0 Å². The van der Waals surface area contributed by atoms with Gasteiger partial charge in [0, 0.05) is 31.1 Å². The normalized spacial score (nSPS) is 11.9. The Hall–Kier alpha value is -3.39. The van der Waals surface area contributed by atoms with Crippen LogP contribution in [0.15, 0.2) is 42.6 Å². The SMILES string of the molecule is CC(C)c1cnn2c(N(Cc3ccc4cccc(N(C)C)c4n3)C(=O)OC(C)(C)C)cc(Cl)nc12. The molecule has 1 aromatic carbocycles. The van der Waals surface area contributed by atoms with Crippen molar-refractivity contribution in [3.63, 3.8) is 0 Å². The topological polar surface area (TPSA) is 75.9 Å². The standard InChI is InChI=1S/C26H31ClN6O2/c1-16(2)19-14-28-33-22(13-21(27)30-24(19)33)32(25(34)35-26(3,4)5)15-18-12-11-17-9-8-10-20(31(6)7)23(17)29-18/h8-14,16H,15H2,1-7H3. The quantitative estimate of drug-likeness (QED) is 0.314. The molecule has 0 aliphatic rings. The van der Waals surface area contributed by atoms with Gasteiger partial charge in [-0.05, 0) is 38.8 Å². The number of nitrogens with zero attached hydrogens (tertiary/aromatic N) is 6. The highest BCUT2D eigenvalue weighted by Crippen LogP contribution is 2.29. The van der Waals surface area contributed by atoms with Gasteiger partial charge in [0.05, 0.1) is 29.6 Å². The molecule has 0 unspecified atom stereocenters. The molecule has 1 amide bonds. The van der Waals surface area contributed by atoms with E-state index in [-0.39, 0.29) is 17.6 Å². The Kier molecular flexibility index (Phi) is 6.60. The number of hydrogen-bond acceptors (Lipinski definition) is 6. The van der Waals surface area contributed by atoms with E-state index in [0.717, 1.165) is 22.2 Å². The molecule has 0 aliphatic heterocycles. The highest BCUT2D eigenvalue weighted by atomic mass is 35.5. The number of carbonyl (C=O) groups is 1. The summed E-state index contributed by atoms with van der Waals surface area (Å²) in [5, 5.41) is 5.82. The summed E-state index contributed by atoms with van der Waals surface area (Å²) in [6.07, 6.45) is 1.24. The van der Waals surface area contributed by atoms with Crippen LogP contribution in [-0.2, 0) is 11.3 Å². The molecule has 3 aromatic heterocycles. The fourth-order valence-electron chi connectivity index (χ4n) is 3.87. The van der Waals surface area contributed by atoms with Crippen LogP contribution in [0.4, 0.5) is 16.3 Å². The number of ether oxygens (including phenoxy) is 1. The van der Waals surface area contributed by atoms with Crippen LogP contribution in [0.2, 0.25) is 5.15 Å². The summed E-state index contributed by atoms with van der Waals surface area (Å²) in [5.41, 5.74) is 3.42. The van der Waals surface area contributed by atoms with Gasteiger partial charge in [0.2, 0.25) is 0 Å². The van der Waals surface area contributed by atoms with Gasteiger partial charge in [0.1, 0.15) is 16.6 Å². The Morgan fingerprint density at radius 2 is 1.89 bits per heavy atom. The summed E-state index contributed by atoms with van der Waals surface area (Å²) >= 11 is 6.42. The van der Waals surface area contributed by atoms with Crippen molar-refractivity contribution in [3.05, 3.63) is 59.0 Å². The minimum atomic E-state index is -0.687. The third-order valence-electron chi connectivity index (χ3n) is 5.52. The molecule has 8 nitrogen and oxygen atoms in total.